The molecule has 0 spiro atoms. The largest absolute Gasteiger partial charge is 0.381 e. The number of alkyl halides is 1. The summed E-state index contributed by atoms with van der Waals surface area (Å²) in [5, 5.41) is 5.72. The Balaban J connectivity index is 1.90. The number of hydrogen-bond donors (Lipinski definition) is 2. The van der Waals surface area contributed by atoms with Gasteiger partial charge in [-0.2, -0.15) is 0 Å². The van der Waals surface area contributed by atoms with Crippen LogP contribution in [0.1, 0.15) is 25.3 Å². The van der Waals surface area contributed by atoms with Gasteiger partial charge in [0.15, 0.2) is 0 Å². The lowest BCUT2D eigenvalue weighted by Crippen LogP contribution is -2.59. The van der Waals surface area contributed by atoms with E-state index < -0.39 is 5.54 Å². The van der Waals surface area contributed by atoms with E-state index in [1.807, 2.05) is 38.1 Å². The minimum atomic E-state index is -0.478. The van der Waals surface area contributed by atoms with E-state index in [1.165, 1.54) is 17.3 Å². The first kappa shape index (κ1) is 20.1. The minimum absolute atomic E-state index is 0.0448. The van der Waals surface area contributed by atoms with Crippen molar-refractivity contribution in [2.75, 3.05) is 25.6 Å². The molecule has 0 aliphatic carbocycles. The van der Waals surface area contributed by atoms with Crippen LogP contribution in [-0.2, 0) is 14.3 Å². The van der Waals surface area contributed by atoms with Crippen molar-refractivity contribution in [2.45, 2.75) is 42.4 Å². The SMILES string of the molecule is Cc1ccc(SC(C)C(=O)NCC2(NC(=O)CCl)CCOCC2)cc1. The summed E-state index contributed by atoms with van der Waals surface area (Å²) in [6, 6.07) is 8.10. The van der Waals surface area contributed by atoms with Gasteiger partial charge in [-0.3, -0.25) is 9.59 Å². The highest BCUT2D eigenvalue weighted by molar-refractivity contribution is 8.00. The molecule has 25 heavy (non-hydrogen) atoms. The van der Waals surface area contributed by atoms with Crippen molar-refractivity contribution in [3.05, 3.63) is 29.8 Å². The Labute approximate surface area is 158 Å². The number of aryl methyl sites for hydroxylation is 1. The number of rotatable bonds is 7. The van der Waals surface area contributed by atoms with Crippen LogP contribution in [0.5, 0.6) is 0 Å². The molecule has 138 valence electrons. The van der Waals surface area contributed by atoms with E-state index in [-0.39, 0.29) is 22.9 Å². The van der Waals surface area contributed by atoms with Crippen LogP contribution in [0.2, 0.25) is 0 Å². The summed E-state index contributed by atoms with van der Waals surface area (Å²) >= 11 is 7.13. The maximum absolute atomic E-state index is 12.5. The molecular weight excluding hydrogens is 360 g/mol. The van der Waals surface area contributed by atoms with Crippen LogP contribution in [0.4, 0.5) is 0 Å². The molecule has 1 aliphatic heterocycles. The fraction of sp³-hybridized carbons (Fsp3) is 0.556. The fourth-order valence-electron chi connectivity index (χ4n) is 2.71. The zero-order valence-electron chi connectivity index (χ0n) is 14.6. The Morgan fingerprint density at radius 3 is 2.52 bits per heavy atom. The first-order chi connectivity index (χ1) is 11.9. The molecule has 1 unspecified atom stereocenters. The first-order valence-electron chi connectivity index (χ1n) is 8.40. The van der Waals surface area contributed by atoms with Crippen molar-refractivity contribution in [1.82, 2.24) is 10.6 Å². The standard InChI is InChI=1S/C18H25ClN2O3S/c1-13-3-5-15(6-4-13)25-14(2)17(23)20-12-18(21-16(22)11-19)7-9-24-10-8-18/h3-6,14H,7-12H2,1-2H3,(H,20,23)(H,21,22). The van der Waals surface area contributed by atoms with E-state index >= 15 is 0 Å². The summed E-state index contributed by atoms with van der Waals surface area (Å²) in [4.78, 5) is 25.2. The van der Waals surface area contributed by atoms with Gasteiger partial charge in [0, 0.05) is 24.7 Å². The average Bonchev–Trinajstić information content (AvgIpc) is 2.62. The summed E-state index contributed by atoms with van der Waals surface area (Å²) in [6.45, 7) is 5.43. The number of benzene rings is 1. The highest BCUT2D eigenvalue weighted by Crippen LogP contribution is 2.24. The number of hydrogen-bond acceptors (Lipinski definition) is 4. The summed E-state index contributed by atoms with van der Waals surface area (Å²) < 4.78 is 5.38. The number of thioether (sulfide) groups is 1. The van der Waals surface area contributed by atoms with Crippen molar-refractivity contribution in [1.29, 1.82) is 0 Å². The van der Waals surface area contributed by atoms with Crippen molar-refractivity contribution in [2.24, 2.45) is 0 Å². The molecule has 2 rings (SSSR count). The van der Waals surface area contributed by atoms with E-state index in [0.717, 1.165) is 4.90 Å². The summed E-state index contributed by atoms with van der Waals surface area (Å²) in [7, 11) is 0. The van der Waals surface area contributed by atoms with Gasteiger partial charge in [0.05, 0.1) is 10.8 Å². The molecule has 2 N–H and O–H groups in total. The summed E-state index contributed by atoms with van der Waals surface area (Å²) in [5.74, 6) is -0.354. The molecule has 0 aromatic heterocycles. The Hall–Kier alpha value is -1.24. The summed E-state index contributed by atoms with van der Waals surface area (Å²) in [6.07, 6.45) is 1.32. The van der Waals surface area contributed by atoms with Crippen molar-refractivity contribution in [3.8, 4) is 0 Å². The number of amides is 2. The van der Waals surface area contributed by atoms with Crippen molar-refractivity contribution < 1.29 is 14.3 Å². The second-order valence-corrected chi connectivity index (χ2v) is 8.05. The number of carbonyl (C=O) groups is 2. The molecule has 1 aromatic carbocycles. The molecule has 1 saturated heterocycles. The van der Waals surface area contributed by atoms with Gasteiger partial charge in [0.2, 0.25) is 11.8 Å². The maximum atomic E-state index is 12.5. The molecule has 0 bridgehead atoms. The van der Waals surface area contributed by atoms with Crippen LogP contribution < -0.4 is 10.6 Å². The maximum Gasteiger partial charge on any atom is 0.235 e. The second kappa shape index (κ2) is 9.46. The van der Waals surface area contributed by atoms with Gasteiger partial charge in [0.25, 0.3) is 0 Å². The Kier molecular flexibility index (Phi) is 7.59. The van der Waals surface area contributed by atoms with Crippen LogP contribution in [0.3, 0.4) is 0 Å². The smallest absolute Gasteiger partial charge is 0.235 e. The lowest BCUT2D eigenvalue weighted by atomic mass is 9.89. The van der Waals surface area contributed by atoms with Gasteiger partial charge in [-0.25, -0.2) is 0 Å². The highest BCUT2D eigenvalue weighted by Gasteiger charge is 2.34. The van der Waals surface area contributed by atoms with Crippen LogP contribution in [0.15, 0.2) is 29.2 Å². The van der Waals surface area contributed by atoms with Gasteiger partial charge in [-0.15, -0.1) is 23.4 Å². The van der Waals surface area contributed by atoms with E-state index in [2.05, 4.69) is 10.6 Å². The monoisotopic (exact) mass is 384 g/mol. The second-order valence-electron chi connectivity index (χ2n) is 6.37. The average molecular weight is 385 g/mol. The predicted octanol–water partition coefficient (Wildman–Crippen LogP) is 2.50. The topological polar surface area (TPSA) is 67.4 Å². The number of nitrogens with one attached hydrogen (secondary N) is 2. The fourth-order valence-corrected chi connectivity index (χ4v) is 3.67. The van der Waals surface area contributed by atoms with Gasteiger partial charge in [-0.05, 0) is 38.8 Å². The molecule has 0 saturated carbocycles. The van der Waals surface area contributed by atoms with Crippen LogP contribution >= 0.6 is 23.4 Å². The van der Waals surface area contributed by atoms with Gasteiger partial charge >= 0.3 is 0 Å². The molecule has 7 heteroatoms. The molecular formula is C18H25ClN2O3S. The lowest BCUT2D eigenvalue weighted by molar-refractivity contribution is -0.124. The zero-order chi connectivity index (χ0) is 18.3. The molecule has 0 radical (unpaired) electrons. The predicted molar refractivity (Wildman–Crippen MR) is 101 cm³/mol. The van der Waals surface area contributed by atoms with Gasteiger partial charge < -0.3 is 15.4 Å². The number of halogens is 1. The molecule has 1 fully saturated rings. The summed E-state index contributed by atoms with van der Waals surface area (Å²) in [5.41, 5.74) is 0.714. The Morgan fingerprint density at radius 2 is 1.92 bits per heavy atom. The Bertz CT molecular complexity index is 588. The molecule has 1 aromatic rings. The minimum Gasteiger partial charge on any atom is -0.381 e. The van der Waals surface area contributed by atoms with E-state index in [1.54, 1.807) is 0 Å². The first-order valence-corrected chi connectivity index (χ1v) is 9.81. The molecule has 1 atom stereocenters. The van der Waals surface area contributed by atoms with Crippen LogP contribution in [0.25, 0.3) is 0 Å². The normalized spacial score (nSPS) is 17.6. The van der Waals surface area contributed by atoms with Gasteiger partial charge in [0.1, 0.15) is 5.88 Å². The lowest BCUT2D eigenvalue weighted by Gasteiger charge is -2.38. The number of carbonyl (C=O) groups excluding carboxylic acids is 2. The molecule has 2 amide bonds. The third-order valence-electron chi connectivity index (χ3n) is 4.28. The van der Waals surface area contributed by atoms with E-state index in [9.17, 15) is 9.59 Å². The van der Waals surface area contributed by atoms with Crippen LogP contribution in [0, 0.1) is 6.92 Å². The zero-order valence-corrected chi connectivity index (χ0v) is 16.2. The van der Waals surface area contributed by atoms with E-state index in [0.29, 0.717) is 32.6 Å². The third-order valence-corrected chi connectivity index (χ3v) is 5.63. The molecule has 1 heterocycles. The Morgan fingerprint density at radius 1 is 1.28 bits per heavy atom. The van der Waals surface area contributed by atoms with Gasteiger partial charge in [-0.1, -0.05) is 17.7 Å². The molecule has 1 aliphatic rings. The van der Waals surface area contributed by atoms with E-state index in [4.69, 9.17) is 16.3 Å². The van der Waals surface area contributed by atoms with Crippen LogP contribution in [-0.4, -0.2) is 48.2 Å². The molecule has 5 nitrogen and oxygen atoms in total. The number of ether oxygens (including phenoxy) is 1. The van der Waals surface area contributed by atoms with Crippen molar-refractivity contribution in [3.63, 3.8) is 0 Å². The van der Waals surface area contributed by atoms with Crippen molar-refractivity contribution >= 4 is 35.2 Å². The highest BCUT2D eigenvalue weighted by atomic mass is 35.5. The third kappa shape index (κ3) is 6.20. The quantitative estimate of drug-likeness (QED) is 0.560.